The quantitative estimate of drug-likeness (QED) is 0.819. The van der Waals surface area contributed by atoms with Gasteiger partial charge in [-0.15, -0.1) is 0 Å². The van der Waals surface area contributed by atoms with E-state index in [1.165, 1.54) is 0 Å². The molecule has 1 heterocycles. The fourth-order valence-corrected chi connectivity index (χ4v) is 4.28. The highest BCUT2D eigenvalue weighted by molar-refractivity contribution is 7.89. The topological polar surface area (TPSA) is 67.9 Å². The van der Waals surface area contributed by atoms with Crippen LogP contribution in [0, 0.1) is 0 Å². The van der Waals surface area contributed by atoms with Gasteiger partial charge in [0.2, 0.25) is 10.0 Å². The van der Waals surface area contributed by atoms with Crippen LogP contribution in [0.15, 0.2) is 23.1 Å². The number of benzene rings is 1. The van der Waals surface area contributed by atoms with Crippen molar-refractivity contribution >= 4 is 10.0 Å². The van der Waals surface area contributed by atoms with Crippen LogP contribution < -0.4 is 14.8 Å². The summed E-state index contributed by atoms with van der Waals surface area (Å²) in [7, 11) is -1.65. The molecule has 1 fully saturated rings. The molecule has 23 heavy (non-hydrogen) atoms. The second-order valence-electron chi connectivity index (χ2n) is 5.47. The minimum absolute atomic E-state index is 0.201. The largest absolute Gasteiger partial charge is 0.490 e. The first-order valence-corrected chi connectivity index (χ1v) is 9.54. The van der Waals surface area contributed by atoms with Gasteiger partial charge in [-0.25, -0.2) is 8.42 Å². The Morgan fingerprint density at radius 1 is 1.22 bits per heavy atom. The summed E-state index contributed by atoms with van der Waals surface area (Å²) in [6.45, 7) is 5.75. The zero-order valence-corrected chi connectivity index (χ0v) is 14.9. The minimum atomic E-state index is -3.52. The van der Waals surface area contributed by atoms with Crippen molar-refractivity contribution in [3.63, 3.8) is 0 Å². The summed E-state index contributed by atoms with van der Waals surface area (Å²) < 4.78 is 38.3. The Hall–Kier alpha value is -1.31. The summed E-state index contributed by atoms with van der Waals surface area (Å²) >= 11 is 0. The van der Waals surface area contributed by atoms with E-state index in [0.717, 1.165) is 12.8 Å². The fourth-order valence-electron chi connectivity index (χ4n) is 2.74. The average Bonchev–Trinajstić information content (AvgIpc) is 2.57. The molecule has 0 aliphatic carbocycles. The molecule has 7 heteroatoms. The number of ether oxygens (including phenoxy) is 2. The highest BCUT2D eigenvalue weighted by Crippen LogP contribution is 2.32. The van der Waals surface area contributed by atoms with Gasteiger partial charge in [0.15, 0.2) is 11.5 Å². The van der Waals surface area contributed by atoms with Crippen LogP contribution in [0.3, 0.4) is 0 Å². The molecule has 1 atom stereocenters. The zero-order chi connectivity index (χ0) is 16.9. The number of likely N-dealkylation sites (N-methyl/N-ethyl adjacent to an activating group) is 1. The van der Waals surface area contributed by atoms with Crippen LogP contribution in [0.25, 0.3) is 0 Å². The molecule has 1 aromatic carbocycles. The summed E-state index contributed by atoms with van der Waals surface area (Å²) in [6.07, 6.45) is 1.86. The normalized spacial score (nSPS) is 19.5. The molecule has 130 valence electrons. The number of hydrogen-bond acceptors (Lipinski definition) is 5. The van der Waals surface area contributed by atoms with Crippen LogP contribution in [0.2, 0.25) is 0 Å². The lowest BCUT2D eigenvalue weighted by atomic mass is 10.1. The molecule has 0 aromatic heterocycles. The number of nitrogens with one attached hydrogen (secondary N) is 1. The summed E-state index contributed by atoms with van der Waals surface area (Å²) in [5, 5.41) is 3.16. The minimum Gasteiger partial charge on any atom is -0.490 e. The van der Waals surface area contributed by atoms with E-state index in [2.05, 4.69) is 5.32 Å². The maximum absolute atomic E-state index is 12.9. The summed E-state index contributed by atoms with van der Waals surface area (Å²) in [4.78, 5) is 0.251. The van der Waals surface area contributed by atoms with Crippen molar-refractivity contribution in [3.05, 3.63) is 18.2 Å². The molecule has 0 unspecified atom stereocenters. The first-order chi connectivity index (χ1) is 11.0. The Balaban J connectivity index is 2.30. The molecule has 0 bridgehead atoms. The van der Waals surface area contributed by atoms with Gasteiger partial charge in [-0.3, -0.25) is 0 Å². The molecule has 0 saturated carbocycles. The van der Waals surface area contributed by atoms with E-state index in [1.54, 1.807) is 22.5 Å². The van der Waals surface area contributed by atoms with E-state index in [1.807, 2.05) is 20.9 Å². The fraction of sp³-hybridized carbons (Fsp3) is 0.625. The van der Waals surface area contributed by atoms with E-state index < -0.39 is 10.0 Å². The second-order valence-corrected chi connectivity index (χ2v) is 7.40. The van der Waals surface area contributed by atoms with Crippen LogP contribution in [-0.4, -0.2) is 52.1 Å². The predicted octanol–water partition coefficient (Wildman–Crippen LogP) is 1.86. The van der Waals surface area contributed by atoms with Crippen LogP contribution in [0.4, 0.5) is 0 Å². The first-order valence-electron chi connectivity index (χ1n) is 8.10. The van der Waals surface area contributed by atoms with Crippen molar-refractivity contribution in [2.24, 2.45) is 0 Å². The zero-order valence-electron chi connectivity index (χ0n) is 14.0. The maximum atomic E-state index is 12.9. The highest BCUT2D eigenvalue weighted by Gasteiger charge is 2.30. The Bertz CT molecular complexity index is 619. The van der Waals surface area contributed by atoms with Crippen LogP contribution in [0.1, 0.15) is 26.7 Å². The maximum Gasteiger partial charge on any atom is 0.243 e. The first kappa shape index (κ1) is 18.0. The summed E-state index contributed by atoms with van der Waals surface area (Å²) in [5.74, 6) is 1.04. The van der Waals surface area contributed by atoms with Crippen LogP contribution in [0.5, 0.6) is 11.5 Å². The van der Waals surface area contributed by atoms with Crippen LogP contribution in [-0.2, 0) is 10.0 Å². The van der Waals surface area contributed by atoms with E-state index in [4.69, 9.17) is 9.47 Å². The molecule has 2 rings (SSSR count). The average molecular weight is 342 g/mol. The lowest BCUT2D eigenvalue weighted by Gasteiger charge is -2.31. The van der Waals surface area contributed by atoms with Gasteiger partial charge in [-0.05, 0) is 45.9 Å². The monoisotopic (exact) mass is 342 g/mol. The van der Waals surface area contributed by atoms with E-state index in [9.17, 15) is 8.42 Å². The third-order valence-corrected chi connectivity index (χ3v) is 5.81. The molecule has 1 aromatic rings. The van der Waals surface area contributed by atoms with Gasteiger partial charge in [-0.2, -0.15) is 4.31 Å². The summed E-state index contributed by atoms with van der Waals surface area (Å²) in [5.41, 5.74) is 0. The van der Waals surface area contributed by atoms with Crippen molar-refractivity contribution < 1.29 is 17.9 Å². The molecular formula is C16H26N2O4S. The predicted molar refractivity (Wildman–Crippen MR) is 89.6 cm³/mol. The number of hydrogen-bond donors (Lipinski definition) is 1. The van der Waals surface area contributed by atoms with Crippen LogP contribution >= 0.6 is 0 Å². The van der Waals surface area contributed by atoms with E-state index in [-0.39, 0.29) is 10.9 Å². The smallest absolute Gasteiger partial charge is 0.243 e. The van der Waals surface area contributed by atoms with Crippen molar-refractivity contribution in [2.45, 2.75) is 37.6 Å². The molecular weight excluding hydrogens is 316 g/mol. The van der Waals surface area contributed by atoms with Gasteiger partial charge in [0.25, 0.3) is 0 Å². The Morgan fingerprint density at radius 3 is 2.57 bits per heavy atom. The lowest BCUT2D eigenvalue weighted by Crippen LogP contribution is -2.46. The van der Waals surface area contributed by atoms with Crippen molar-refractivity contribution in [1.82, 2.24) is 9.62 Å². The third-order valence-electron chi connectivity index (χ3n) is 3.95. The molecule has 1 aliphatic rings. The number of piperidine rings is 1. The van der Waals surface area contributed by atoms with Gasteiger partial charge in [0, 0.05) is 25.2 Å². The SMILES string of the molecule is CCOc1ccc(S(=O)(=O)N2CCC[C@@H](NC)C2)cc1OCC. The van der Waals surface area contributed by atoms with Gasteiger partial charge >= 0.3 is 0 Å². The Kier molecular flexibility index (Phi) is 6.26. The van der Waals surface area contributed by atoms with E-state index in [0.29, 0.717) is 37.8 Å². The van der Waals surface area contributed by atoms with Crippen molar-refractivity contribution in [2.75, 3.05) is 33.4 Å². The highest BCUT2D eigenvalue weighted by atomic mass is 32.2. The van der Waals surface area contributed by atoms with Gasteiger partial charge < -0.3 is 14.8 Å². The lowest BCUT2D eigenvalue weighted by molar-refractivity contribution is 0.285. The molecule has 0 amide bonds. The molecule has 1 aliphatic heterocycles. The second kappa shape index (κ2) is 7.99. The third kappa shape index (κ3) is 4.16. The summed E-state index contributed by atoms with van der Waals surface area (Å²) in [6, 6.07) is 5.02. The number of sulfonamides is 1. The molecule has 6 nitrogen and oxygen atoms in total. The molecule has 1 N–H and O–H groups in total. The Morgan fingerprint density at radius 2 is 1.91 bits per heavy atom. The van der Waals surface area contributed by atoms with Gasteiger partial charge in [0.05, 0.1) is 18.1 Å². The Labute approximate surface area is 138 Å². The van der Waals surface area contributed by atoms with Crippen molar-refractivity contribution in [1.29, 1.82) is 0 Å². The number of nitrogens with zero attached hydrogens (tertiary/aromatic N) is 1. The molecule has 0 spiro atoms. The van der Waals surface area contributed by atoms with Crippen molar-refractivity contribution in [3.8, 4) is 11.5 Å². The van der Waals surface area contributed by atoms with Gasteiger partial charge in [0.1, 0.15) is 0 Å². The molecule has 0 radical (unpaired) electrons. The standard InChI is InChI=1S/C16H26N2O4S/c1-4-21-15-9-8-14(11-16(15)22-5-2)23(19,20)18-10-6-7-13(12-18)17-3/h8-9,11,13,17H,4-7,10,12H2,1-3H3/t13-/m1/s1. The van der Waals surface area contributed by atoms with E-state index >= 15 is 0 Å². The molecule has 1 saturated heterocycles. The van der Waals surface area contributed by atoms with Gasteiger partial charge in [-0.1, -0.05) is 0 Å². The number of rotatable bonds is 7.